The van der Waals surface area contributed by atoms with E-state index in [0.717, 1.165) is 48.3 Å². The van der Waals surface area contributed by atoms with Gasteiger partial charge < -0.3 is 5.11 Å². The molecule has 0 radical (unpaired) electrons. The first-order valence-electron chi connectivity index (χ1n) is 12.6. The molecule has 1 heteroatoms. The van der Waals surface area contributed by atoms with Crippen LogP contribution in [0.15, 0.2) is 11.6 Å². The van der Waals surface area contributed by atoms with E-state index >= 15 is 0 Å². The smallest absolute Gasteiger partial charge is 0.0577 e. The molecule has 4 aliphatic carbocycles. The highest BCUT2D eigenvalue weighted by atomic mass is 16.3. The van der Waals surface area contributed by atoms with Gasteiger partial charge in [0.05, 0.1) is 6.10 Å². The number of allylic oxidation sites excluding steroid dienone is 1. The minimum atomic E-state index is -0.0766. The van der Waals surface area contributed by atoms with Crippen LogP contribution in [0, 0.1) is 46.3 Å². The number of rotatable bonds is 5. The standard InChI is InChI=1S/C27H46O/c1-18(2)7-6-8-19(3)23-11-12-24-22-10-9-20-17-21(28)13-15-26(20,4)25(22)14-16-27(23,24)5/h9,18-19,21-25,28H,6-8,10-17H2,1-5H3/t19-,21-,22?,23+,24?,25?,26-,27+/m1/s1. The summed E-state index contributed by atoms with van der Waals surface area (Å²) in [6.07, 6.45) is 17.2. The van der Waals surface area contributed by atoms with E-state index in [4.69, 9.17) is 0 Å². The molecular formula is C27H46O. The highest BCUT2D eigenvalue weighted by Gasteiger charge is 2.59. The zero-order valence-electron chi connectivity index (χ0n) is 19.3. The van der Waals surface area contributed by atoms with Gasteiger partial charge in [-0.25, -0.2) is 0 Å². The van der Waals surface area contributed by atoms with Crippen LogP contribution in [-0.4, -0.2) is 11.2 Å². The molecule has 1 N–H and O–H groups in total. The van der Waals surface area contributed by atoms with Gasteiger partial charge in [-0.05, 0) is 97.7 Å². The van der Waals surface area contributed by atoms with Gasteiger partial charge in [-0.2, -0.15) is 0 Å². The molecule has 3 fully saturated rings. The fourth-order valence-electron chi connectivity index (χ4n) is 8.67. The minimum Gasteiger partial charge on any atom is -0.393 e. The SMILES string of the molecule is CC(C)CCC[C@@H](C)[C@@H]1CCC2C3CC=C4C[C@H](O)CC[C@@]4(C)C3CC[C@]21C. The molecule has 8 atom stereocenters. The second-order valence-electron chi connectivity index (χ2n) is 12.2. The zero-order valence-corrected chi connectivity index (χ0v) is 19.3. The summed E-state index contributed by atoms with van der Waals surface area (Å²) in [7, 11) is 0. The molecule has 4 rings (SSSR count). The summed E-state index contributed by atoms with van der Waals surface area (Å²) in [6.45, 7) is 12.6. The average molecular weight is 387 g/mol. The van der Waals surface area contributed by atoms with Crippen molar-refractivity contribution in [3.05, 3.63) is 11.6 Å². The van der Waals surface area contributed by atoms with Crippen molar-refractivity contribution in [2.75, 3.05) is 0 Å². The number of fused-ring (bicyclic) bond motifs is 5. The normalized spacial score (nSPS) is 46.5. The number of aliphatic hydroxyl groups excluding tert-OH is 1. The predicted octanol–water partition coefficient (Wildman–Crippen LogP) is 7.39. The summed E-state index contributed by atoms with van der Waals surface area (Å²) in [5.41, 5.74) is 2.60. The molecule has 0 aromatic heterocycles. The van der Waals surface area contributed by atoms with Crippen LogP contribution in [0.5, 0.6) is 0 Å². The Labute approximate surface area is 174 Å². The molecule has 1 nitrogen and oxygen atoms in total. The van der Waals surface area contributed by atoms with Gasteiger partial charge in [-0.1, -0.05) is 65.5 Å². The Balaban J connectivity index is 1.49. The Morgan fingerprint density at radius 2 is 1.79 bits per heavy atom. The van der Waals surface area contributed by atoms with Gasteiger partial charge in [0, 0.05) is 0 Å². The van der Waals surface area contributed by atoms with Gasteiger partial charge in [0.2, 0.25) is 0 Å². The highest BCUT2D eigenvalue weighted by Crippen LogP contribution is 2.67. The second kappa shape index (κ2) is 7.75. The lowest BCUT2D eigenvalue weighted by Gasteiger charge is -2.58. The first-order chi connectivity index (χ1) is 13.3. The summed E-state index contributed by atoms with van der Waals surface area (Å²) < 4.78 is 0. The molecular weight excluding hydrogens is 340 g/mol. The van der Waals surface area contributed by atoms with Crippen LogP contribution in [0.4, 0.5) is 0 Å². The van der Waals surface area contributed by atoms with Gasteiger partial charge in [0.1, 0.15) is 0 Å². The number of aliphatic hydroxyl groups is 1. The zero-order chi connectivity index (χ0) is 20.1. The van der Waals surface area contributed by atoms with Gasteiger partial charge in [0.15, 0.2) is 0 Å². The van der Waals surface area contributed by atoms with Crippen molar-refractivity contribution in [1.82, 2.24) is 0 Å². The maximum atomic E-state index is 10.2. The first-order valence-corrected chi connectivity index (χ1v) is 12.6. The lowest BCUT2D eigenvalue weighted by atomic mass is 9.47. The van der Waals surface area contributed by atoms with Crippen molar-refractivity contribution in [1.29, 1.82) is 0 Å². The lowest BCUT2D eigenvalue weighted by Crippen LogP contribution is -2.50. The maximum Gasteiger partial charge on any atom is 0.0577 e. The first kappa shape index (κ1) is 21.0. The number of hydrogen-bond donors (Lipinski definition) is 1. The van der Waals surface area contributed by atoms with Crippen molar-refractivity contribution in [2.24, 2.45) is 46.3 Å². The summed E-state index contributed by atoms with van der Waals surface area (Å²) in [4.78, 5) is 0. The molecule has 160 valence electrons. The lowest BCUT2D eigenvalue weighted by molar-refractivity contribution is -0.0573. The summed E-state index contributed by atoms with van der Waals surface area (Å²) >= 11 is 0. The van der Waals surface area contributed by atoms with E-state index in [1.165, 1.54) is 57.8 Å². The van der Waals surface area contributed by atoms with Crippen molar-refractivity contribution >= 4 is 0 Å². The van der Waals surface area contributed by atoms with E-state index < -0.39 is 0 Å². The van der Waals surface area contributed by atoms with Crippen molar-refractivity contribution in [3.63, 3.8) is 0 Å². The summed E-state index contributed by atoms with van der Waals surface area (Å²) in [5.74, 6) is 5.46. The Morgan fingerprint density at radius 1 is 1.00 bits per heavy atom. The molecule has 4 aliphatic rings. The molecule has 0 saturated heterocycles. The molecule has 0 aliphatic heterocycles. The van der Waals surface area contributed by atoms with E-state index in [1.807, 2.05) is 0 Å². The highest BCUT2D eigenvalue weighted by molar-refractivity contribution is 5.25. The molecule has 28 heavy (non-hydrogen) atoms. The van der Waals surface area contributed by atoms with Gasteiger partial charge >= 0.3 is 0 Å². The van der Waals surface area contributed by atoms with Crippen LogP contribution in [0.2, 0.25) is 0 Å². The van der Waals surface area contributed by atoms with E-state index in [1.54, 1.807) is 5.57 Å². The van der Waals surface area contributed by atoms with Crippen LogP contribution < -0.4 is 0 Å². The third-order valence-corrected chi connectivity index (χ3v) is 10.3. The Kier molecular flexibility index (Phi) is 5.80. The van der Waals surface area contributed by atoms with E-state index in [-0.39, 0.29) is 6.10 Å². The summed E-state index contributed by atoms with van der Waals surface area (Å²) in [6, 6.07) is 0. The molecule has 0 heterocycles. The fourth-order valence-corrected chi connectivity index (χ4v) is 8.67. The quantitative estimate of drug-likeness (QED) is 0.488. The molecule has 3 saturated carbocycles. The molecule has 3 unspecified atom stereocenters. The Morgan fingerprint density at radius 3 is 2.54 bits per heavy atom. The average Bonchev–Trinajstić information content (AvgIpc) is 2.99. The van der Waals surface area contributed by atoms with Gasteiger partial charge in [-0.15, -0.1) is 0 Å². The van der Waals surface area contributed by atoms with E-state index in [0.29, 0.717) is 10.8 Å². The van der Waals surface area contributed by atoms with Gasteiger partial charge in [0.25, 0.3) is 0 Å². The molecule has 0 spiro atoms. The topological polar surface area (TPSA) is 20.2 Å². The molecule has 0 aromatic rings. The summed E-state index contributed by atoms with van der Waals surface area (Å²) in [5, 5.41) is 10.2. The van der Waals surface area contributed by atoms with Crippen LogP contribution in [0.25, 0.3) is 0 Å². The van der Waals surface area contributed by atoms with Crippen molar-refractivity contribution in [2.45, 2.75) is 111 Å². The third-order valence-electron chi connectivity index (χ3n) is 10.3. The van der Waals surface area contributed by atoms with Crippen molar-refractivity contribution in [3.8, 4) is 0 Å². The minimum absolute atomic E-state index is 0.0766. The van der Waals surface area contributed by atoms with E-state index in [9.17, 15) is 5.11 Å². The molecule has 0 bridgehead atoms. The van der Waals surface area contributed by atoms with Gasteiger partial charge in [-0.3, -0.25) is 0 Å². The Bertz CT molecular complexity index is 591. The Hall–Kier alpha value is -0.300. The van der Waals surface area contributed by atoms with Crippen LogP contribution in [0.1, 0.15) is 105 Å². The van der Waals surface area contributed by atoms with Crippen LogP contribution in [0.3, 0.4) is 0 Å². The largest absolute Gasteiger partial charge is 0.393 e. The van der Waals surface area contributed by atoms with Crippen LogP contribution >= 0.6 is 0 Å². The molecule has 0 aromatic carbocycles. The fraction of sp³-hybridized carbons (Fsp3) is 0.926. The predicted molar refractivity (Wildman–Crippen MR) is 119 cm³/mol. The monoisotopic (exact) mass is 386 g/mol. The maximum absolute atomic E-state index is 10.2. The molecule has 0 amide bonds. The van der Waals surface area contributed by atoms with Crippen molar-refractivity contribution < 1.29 is 5.11 Å². The second-order valence-corrected chi connectivity index (χ2v) is 12.2. The number of hydrogen-bond acceptors (Lipinski definition) is 1. The van der Waals surface area contributed by atoms with Crippen LogP contribution in [-0.2, 0) is 0 Å². The van der Waals surface area contributed by atoms with E-state index in [2.05, 4.69) is 40.7 Å². The third kappa shape index (κ3) is 3.42.